The van der Waals surface area contributed by atoms with Crippen molar-refractivity contribution in [3.63, 3.8) is 0 Å². The van der Waals surface area contributed by atoms with Crippen LogP contribution < -0.4 is 5.32 Å². The minimum Gasteiger partial charge on any atom is -0.361 e. The van der Waals surface area contributed by atoms with E-state index in [4.69, 9.17) is 16.1 Å². The number of rotatable bonds is 7. The van der Waals surface area contributed by atoms with Crippen molar-refractivity contribution in [1.29, 1.82) is 0 Å². The predicted octanol–water partition coefficient (Wildman–Crippen LogP) is 3.78. The van der Waals surface area contributed by atoms with Crippen LogP contribution in [0.15, 0.2) is 10.6 Å². The first-order chi connectivity index (χ1) is 12.6. The fourth-order valence-electron chi connectivity index (χ4n) is 3.61. The Hall–Kier alpha value is -1.37. The number of hydrogen-bond acceptors (Lipinski definition) is 5. The Kier molecular flexibility index (Phi) is 6.73. The zero-order valence-electron chi connectivity index (χ0n) is 16.1. The number of hydrogen-bond donors (Lipinski definition) is 1. The Balaban J connectivity index is 1.74. The van der Waals surface area contributed by atoms with Gasteiger partial charge >= 0.3 is 0 Å². The maximum atomic E-state index is 6.57. The minimum atomic E-state index is 0.553. The van der Waals surface area contributed by atoms with Crippen LogP contribution >= 0.6 is 11.6 Å². The van der Waals surface area contributed by atoms with Crippen molar-refractivity contribution in [1.82, 2.24) is 25.2 Å². The van der Waals surface area contributed by atoms with Gasteiger partial charge in [0, 0.05) is 37.8 Å². The second-order valence-electron chi connectivity index (χ2n) is 7.30. The van der Waals surface area contributed by atoms with Gasteiger partial charge in [0.15, 0.2) is 0 Å². The molecule has 1 N–H and O–H groups in total. The number of likely N-dealkylation sites (tertiary alicyclic amines) is 1. The fraction of sp³-hybridized carbons (Fsp3) is 0.684. The van der Waals surface area contributed by atoms with E-state index in [1.165, 1.54) is 32.1 Å². The van der Waals surface area contributed by atoms with Crippen molar-refractivity contribution >= 4 is 11.6 Å². The molecule has 0 amide bonds. The lowest BCUT2D eigenvalue weighted by molar-refractivity contribution is 0.251. The highest BCUT2D eigenvalue weighted by molar-refractivity contribution is 6.30. The van der Waals surface area contributed by atoms with Gasteiger partial charge in [-0.3, -0.25) is 9.58 Å². The molecule has 1 unspecified atom stereocenters. The number of nitrogens with zero attached hydrogens (tertiary/aromatic N) is 4. The highest BCUT2D eigenvalue weighted by Crippen LogP contribution is 2.29. The molecule has 1 saturated heterocycles. The summed E-state index contributed by atoms with van der Waals surface area (Å²) in [6.07, 6.45) is 6.21. The van der Waals surface area contributed by atoms with E-state index in [9.17, 15) is 0 Å². The second-order valence-corrected chi connectivity index (χ2v) is 7.66. The van der Waals surface area contributed by atoms with E-state index in [1.54, 1.807) is 4.68 Å². The summed E-state index contributed by atoms with van der Waals surface area (Å²) < 4.78 is 6.97. The highest BCUT2D eigenvalue weighted by atomic mass is 35.5. The molecule has 1 atom stereocenters. The molecule has 0 spiro atoms. The normalized spacial score (nSPS) is 19.0. The molecular weight excluding hydrogens is 350 g/mol. The third kappa shape index (κ3) is 4.67. The Labute approximate surface area is 160 Å². The van der Waals surface area contributed by atoms with Gasteiger partial charge in [0.2, 0.25) is 0 Å². The molecule has 1 aliphatic heterocycles. The molecular formula is C19H30ClN5O. The summed E-state index contributed by atoms with van der Waals surface area (Å²) in [5, 5.41) is 13.1. The van der Waals surface area contributed by atoms with Gasteiger partial charge in [0.25, 0.3) is 0 Å². The molecule has 1 aliphatic rings. The Morgan fingerprint density at radius 2 is 2.23 bits per heavy atom. The Morgan fingerprint density at radius 3 is 2.96 bits per heavy atom. The average molecular weight is 380 g/mol. The summed E-state index contributed by atoms with van der Waals surface area (Å²) in [5.74, 6) is 0.780. The minimum absolute atomic E-state index is 0.553. The molecule has 144 valence electrons. The fourth-order valence-corrected chi connectivity index (χ4v) is 3.80. The lowest BCUT2D eigenvalue weighted by Gasteiger charge is -2.25. The molecule has 2 aromatic heterocycles. The summed E-state index contributed by atoms with van der Waals surface area (Å²) in [6, 6.07) is 2.47. The van der Waals surface area contributed by atoms with Crippen LogP contribution in [0, 0.1) is 6.92 Å². The average Bonchev–Trinajstić information content (AvgIpc) is 3.07. The Morgan fingerprint density at radius 1 is 1.38 bits per heavy atom. The van der Waals surface area contributed by atoms with Crippen molar-refractivity contribution in [3.05, 3.63) is 22.5 Å². The molecule has 26 heavy (non-hydrogen) atoms. The third-order valence-electron chi connectivity index (χ3n) is 5.04. The van der Waals surface area contributed by atoms with Crippen LogP contribution in [0.5, 0.6) is 0 Å². The van der Waals surface area contributed by atoms with Gasteiger partial charge in [0.1, 0.15) is 22.3 Å². The van der Waals surface area contributed by atoms with E-state index in [-0.39, 0.29) is 0 Å². The standard InChI is InChI=1S/C19H30ClN5O/c1-4-5-9-21-15-8-6-7-10-25(12-15)13-16-18(22-24(3)19(16)20)17-11-14(2)26-23-17/h11,15,21H,4-10,12-13H2,1-3H3. The molecule has 3 rings (SSSR count). The van der Waals surface area contributed by atoms with Crippen molar-refractivity contribution < 1.29 is 4.52 Å². The molecule has 1 fully saturated rings. The van der Waals surface area contributed by atoms with Gasteiger partial charge in [-0.1, -0.05) is 36.5 Å². The largest absolute Gasteiger partial charge is 0.361 e. The summed E-state index contributed by atoms with van der Waals surface area (Å²) in [4.78, 5) is 2.50. The SMILES string of the molecule is CCCCNC1CCCCN(Cc2c(-c3cc(C)on3)nn(C)c2Cl)C1. The van der Waals surface area contributed by atoms with Crippen LogP contribution in [0.25, 0.3) is 11.4 Å². The first kappa shape index (κ1) is 19.4. The maximum Gasteiger partial charge on any atom is 0.134 e. The maximum absolute atomic E-state index is 6.57. The summed E-state index contributed by atoms with van der Waals surface area (Å²) >= 11 is 6.57. The van der Waals surface area contributed by atoms with E-state index in [0.717, 1.165) is 48.9 Å². The highest BCUT2D eigenvalue weighted by Gasteiger charge is 2.24. The van der Waals surface area contributed by atoms with Crippen LogP contribution in [-0.4, -0.2) is 45.5 Å². The number of unbranched alkanes of at least 4 members (excludes halogenated alkanes) is 1. The summed E-state index contributed by atoms with van der Waals surface area (Å²) in [6.45, 7) is 8.16. The van der Waals surface area contributed by atoms with E-state index < -0.39 is 0 Å². The van der Waals surface area contributed by atoms with E-state index in [0.29, 0.717) is 11.2 Å². The third-order valence-corrected chi connectivity index (χ3v) is 5.51. The van der Waals surface area contributed by atoms with Gasteiger partial charge in [-0.25, -0.2) is 0 Å². The molecule has 0 aromatic carbocycles. The van der Waals surface area contributed by atoms with Gasteiger partial charge in [-0.05, 0) is 39.3 Å². The van der Waals surface area contributed by atoms with Gasteiger partial charge in [-0.2, -0.15) is 5.10 Å². The van der Waals surface area contributed by atoms with Crippen LogP contribution in [-0.2, 0) is 13.6 Å². The van der Waals surface area contributed by atoms with Crippen LogP contribution in [0.3, 0.4) is 0 Å². The molecule has 2 aromatic rings. The van der Waals surface area contributed by atoms with Gasteiger partial charge in [0.05, 0.1) is 0 Å². The molecule has 0 aliphatic carbocycles. The number of halogens is 1. The lowest BCUT2D eigenvalue weighted by Crippen LogP contribution is -2.39. The quantitative estimate of drug-likeness (QED) is 0.742. The first-order valence-corrected chi connectivity index (χ1v) is 10.1. The van der Waals surface area contributed by atoms with E-state index in [1.807, 2.05) is 20.0 Å². The topological polar surface area (TPSA) is 59.1 Å². The van der Waals surface area contributed by atoms with E-state index in [2.05, 4.69) is 27.4 Å². The molecule has 3 heterocycles. The number of aromatic nitrogens is 3. The van der Waals surface area contributed by atoms with Crippen LogP contribution in [0.4, 0.5) is 0 Å². The number of aryl methyl sites for hydroxylation is 2. The Bertz CT molecular complexity index is 711. The van der Waals surface area contributed by atoms with Crippen LogP contribution in [0.2, 0.25) is 5.15 Å². The molecule has 0 radical (unpaired) electrons. The van der Waals surface area contributed by atoms with Crippen LogP contribution in [0.1, 0.15) is 50.4 Å². The molecule has 0 saturated carbocycles. The van der Waals surface area contributed by atoms with Gasteiger partial charge < -0.3 is 9.84 Å². The van der Waals surface area contributed by atoms with Gasteiger partial charge in [-0.15, -0.1) is 0 Å². The van der Waals surface area contributed by atoms with Crippen molar-refractivity contribution in [3.8, 4) is 11.4 Å². The molecule has 0 bridgehead atoms. The summed E-state index contributed by atoms with van der Waals surface area (Å²) in [7, 11) is 1.87. The second kappa shape index (κ2) is 9.02. The summed E-state index contributed by atoms with van der Waals surface area (Å²) in [5.41, 5.74) is 2.62. The molecule has 6 nitrogen and oxygen atoms in total. The predicted molar refractivity (Wildman–Crippen MR) is 104 cm³/mol. The number of nitrogens with one attached hydrogen (secondary N) is 1. The monoisotopic (exact) mass is 379 g/mol. The lowest BCUT2D eigenvalue weighted by atomic mass is 10.1. The first-order valence-electron chi connectivity index (χ1n) is 9.69. The smallest absolute Gasteiger partial charge is 0.134 e. The zero-order chi connectivity index (χ0) is 18.5. The van der Waals surface area contributed by atoms with Crippen molar-refractivity contribution in [2.24, 2.45) is 7.05 Å². The van der Waals surface area contributed by atoms with Crippen molar-refractivity contribution in [2.45, 2.75) is 58.5 Å². The zero-order valence-corrected chi connectivity index (χ0v) is 16.8. The molecule has 7 heteroatoms. The van der Waals surface area contributed by atoms with E-state index >= 15 is 0 Å². The van der Waals surface area contributed by atoms with Crippen molar-refractivity contribution in [2.75, 3.05) is 19.6 Å².